The van der Waals surface area contributed by atoms with Gasteiger partial charge >= 0.3 is 5.97 Å². The number of carboxylic acids is 1. The van der Waals surface area contributed by atoms with E-state index in [0.717, 1.165) is 5.56 Å². The number of benzene rings is 1. The Morgan fingerprint density at radius 1 is 1.17 bits per heavy atom. The molecule has 122 valence electrons. The Labute approximate surface area is 146 Å². The van der Waals surface area contributed by atoms with E-state index in [9.17, 15) is 9.59 Å². The Hall–Kier alpha value is -2.57. The highest BCUT2D eigenvalue weighted by Gasteiger charge is 2.10. The third-order valence-electron chi connectivity index (χ3n) is 3.31. The van der Waals surface area contributed by atoms with Crippen LogP contribution in [-0.2, 0) is 6.42 Å². The summed E-state index contributed by atoms with van der Waals surface area (Å²) >= 11 is 11.9. The lowest BCUT2D eigenvalue weighted by atomic mass is 10.1. The second-order valence-corrected chi connectivity index (χ2v) is 5.99. The van der Waals surface area contributed by atoms with Gasteiger partial charge in [0.2, 0.25) is 0 Å². The van der Waals surface area contributed by atoms with E-state index in [2.05, 4.69) is 10.1 Å². The van der Waals surface area contributed by atoms with Crippen LogP contribution in [0.15, 0.2) is 47.4 Å². The van der Waals surface area contributed by atoms with Crippen LogP contribution in [0.4, 0.5) is 0 Å². The van der Waals surface area contributed by atoms with Crippen LogP contribution >= 0.6 is 23.2 Å². The average Bonchev–Trinajstić information content (AvgIpc) is 2.86. The molecular weight excluding hydrogens is 353 g/mol. The van der Waals surface area contributed by atoms with Crippen molar-refractivity contribution in [3.8, 4) is 5.82 Å². The summed E-state index contributed by atoms with van der Waals surface area (Å²) in [7, 11) is 0. The van der Waals surface area contributed by atoms with E-state index in [0.29, 0.717) is 22.2 Å². The first-order chi connectivity index (χ1) is 11.4. The number of hydrogen-bond acceptors (Lipinski definition) is 3. The molecule has 0 radical (unpaired) electrons. The van der Waals surface area contributed by atoms with Gasteiger partial charge in [-0.25, -0.2) is 14.5 Å². The quantitative estimate of drug-likeness (QED) is 0.745. The number of aromatic carboxylic acids is 1. The highest BCUT2D eigenvalue weighted by molar-refractivity contribution is 6.34. The van der Waals surface area contributed by atoms with Gasteiger partial charge in [-0.3, -0.25) is 9.89 Å². The first-order valence-corrected chi connectivity index (χ1v) is 7.63. The molecule has 3 aromatic rings. The minimum absolute atomic E-state index is 0.0460. The van der Waals surface area contributed by atoms with Gasteiger partial charge in [0.15, 0.2) is 5.82 Å². The lowest BCUT2D eigenvalue weighted by Gasteiger charge is -2.03. The summed E-state index contributed by atoms with van der Waals surface area (Å²) in [4.78, 5) is 27.2. The third-order valence-corrected chi connectivity index (χ3v) is 3.75. The van der Waals surface area contributed by atoms with Gasteiger partial charge in [0.1, 0.15) is 0 Å². The van der Waals surface area contributed by atoms with E-state index in [1.807, 2.05) is 0 Å². The number of H-pyrrole nitrogens is 1. The fourth-order valence-electron chi connectivity index (χ4n) is 2.31. The van der Waals surface area contributed by atoms with Crippen molar-refractivity contribution in [2.75, 3.05) is 0 Å². The molecule has 0 bridgehead atoms. The van der Waals surface area contributed by atoms with Gasteiger partial charge in [0, 0.05) is 34.4 Å². The zero-order valence-corrected chi connectivity index (χ0v) is 13.7. The minimum Gasteiger partial charge on any atom is -0.478 e. The molecular formula is C16H11Cl2N3O3. The normalized spacial score (nSPS) is 10.8. The molecule has 24 heavy (non-hydrogen) atoms. The number of pyridine rings is 1. The van der Waals surface area contributed by atoms with Crippen molar-refractivity contribution in [2.24, 2.45) is 0 Å². The number of nitrogens with one attached hydrogen (secondary N) is 1. The molecule has 0 amide bonds. The van der Waals surface area contributed by atoms with Crippen molar-refractivity contribution in [3.63, 3.8) is 0 Å². The van der Waals surface area contributed by atoms with Crippen molar-refractivity contribution in [2.45, 2.75) is 6.42 Å². The molecule has 0 saturated carbocycles. The van der Waals surface area contributed by atoms with E-state index in [1.165, 1.54) is 29.1 Å². The molecule has 0 fully saturated rings. The maximum Gasteiger partial charge on any atom is 0.335 e. The standard InChI is InChI=1S/C16H11Cl2N3O3/c17-11-3-9(4-12(18)7-11)5-13-8-15(22)21(20-13)14-6-10(16(23)24)1-2-19-14/h1-4,6-8,20H,5H2,(H,23,24). The predicted molar refractivity (Wildman–Crippen MR) is 90.4 cm³/mol. The Bertz CT molecular complexity index is 958. The molecule has 0 spiro atoms. The fourth-order valence-corrected chi connectivity index (χ4v) is 2.88. The predicted octanol–water partition coefficient (Wildman–Crippen LogP) is 3.16. The number of hydrogen-bond donors (Lipinski definition) is 2. The molecule has 6 nitrogen and oxygen atoms in total. The Balaban J connectivity index is 1.94. The molecule has 8 heteroatoms. The molecule has 0 aliphatic rings. The second-order valence-electron chi connectivity index (χ2n) is 5.12. The first-order valence-electron chi connectivity index (χ1n) is 6.88. The summed E-state index contributed by atoms with van der Waals surface area (Å²) in [6.07, 6.45) is 1.75. The van der Waals surface area contributed by atoms with Crippen LogP contribution in [0.3, 0.4) is 0 Å². The van der Waals surface area contributed by atoms with Crippen LogP contribution in [-0.4, -0.2) is 25.8 Å². The average molecular weight is 364 g/mol. The zero-order chi connectivity index (χ0) is 17.3. The maximum atomic E-state index is 12.1. The van der Waals surface area contributed by atoms with E-state index < -0.39 is 5.97 Å². The van der Waals surface area contributed by atoms with Gasteiger partial charge in [0.05, 0.1) is 5.56 Å². The number of carbonyl (C=O) groups is 1. The number of aromatic nitrogens is 3. The monoisotopic (exact) mass is 363 g/mol. The summed E-state index contributed by atoms with van der Waals surface area (Å²) < 4.78 is 1.19. The van der Waals surface area contributed by atoms with Crippen molar-refractivity contribution in [3.05, 3.63) is 79.8 Å². The summed E-state index contributed by atoms with van der Waals surface area (Å²) in [6.45, 7) is 0. The van der Waals surface area contributed by atoms with Gasteiger partial charge in [-0.2, -0.15) is 0 Å². The summed E-state index contributed by atoms with van der Waals surface area (Å²) in [5, 5.41) is 13.0. The van der Waals surface area contributed by atoms with Gasteiger partial charge < -0.3 is 5.11 Å². The Morgan fingerprint density at radius 3 is 2.54 bits per heavy atom. The molecule has 0 unspecified atom stereocenters. The van der Waals surface area contributed by atoms with Gasteiger partial charge in [-0.05, 0) is 35.9 Å². The highest BCUT2D eigenvalue weighted by atomic mass is 35.5. The number of halogens is 2. The number of rotatable bonds is 4. The highest BCUT2D eigenvalue weighted by Crippen LogP contribution is 2.20. The lowest BCUT2D eigenvalue weighted by Crippen LogP contribution is -2.15. The SMILES string of the molecule is O=C(O)c1ccnc(-n2[nH]c(Cc3cc(Cl)cc(Cl)c3)cc2=O)c1. The van der Waals surface area contributed by atoms with Crippen LogP contribution in [0.1, 0.15) is 21.6 Å². The smallest absolute Gasteiger partial charge is 0.335 e. The number of carboxylic acid groups (broad SMARTS) is 1. The molecule has 0 atom stereocenters. The van der Waals surface area contributed by atoms with Crippen molar-refractivity contribution in [1.29, 1.82) is 0 Å². The maximum absolute atomic E-state index is 12.1. The minimum atomic E-state index is -1.09. The fraction of sp³-hybridized carbons (Fsp3) is 0.0625. The van der Waals surface area contributed by atoms with Crippen molar-refractivity contribution >= 4 is 29.2 Å². The molecule has 0 saturated heterocycles. The molecule has 2 aromatic heterocycles. The Morgan fingerprint density at radius 2 is 1.88 bits per heavy atom. The van der Waals surface area contributed by atoms with Crippen molar-refractivity contribution < 1.29 is 9.90 Å². The van der Waals surface area contributed by atoms with Gasteiger partial charge in [-0.1, -0.05) is 23.2 Å². The van der Waals surface area contributed by atoms with Crippen LogP contribution in [0.2, 0.25) is 10.0 Å². The number of aromatic amines is 1. The van der Waals surface area contributed by atoms with Crippen LogP contribution < -0.4 is 5.56 Å². The summed E-state index contributed by atoms with van der Waals surface area (Å²) in [5.41, 5.74) is 1.17. The van der Waals surface area contributed by atoms with Crippen LogP contribution in [0, 0.1) is 0 Å². The summed E-state index contributed by atoms with van der Waals surface area (Å²) in [5.74, 6) is -0.887. The molecule has 2 N–H and O–H groups in total. The van der Waals surface area contributed by atoms with E-state index >= 15 is 0 Å². The summed E-state index contributed by atoms with van der Waals surface area (Å²) in [6, 6.07) is 9.24. The van der Waals surface area contributed by atoms with E-state index in [4.69, 9.17) is 28.3 Å². The topological polar surface area (TPSA) is 88.0 Å². The first kappa shape index (κ1) is 16.3. The lowest BCUT2D eigenvalue weighted by molar-refractivity contribution is 0.0696. The molecule has 3 rings (SSSR count). The van der Waals surface area contributed by atoms with Crippen molar-refractivity contribution in [1.82, 2.24) is 14.8 Å². The van der Waals surface area contributed by atoms with Gasteiger partial charge in [-0.15, -0.1) is 0 Å². The van der Waals surface area contributed by atoms with Crippen LogP contribution in [0.5, 0.6) is 0 Å². The number of nitrogens with zero attached hydrogens (tertiary/aromatic N) is 2. The van der Waals surface area contributed by atoms with Gasteiger partial charge in [0.25, 0.3) is 5.56 Å². The Kier molecular flexibility index (Phi) is 4.42. The second kappa shape index (κ2) is 6.51. The molecule has 0 aliphatic carbocycles. The third kappa shape index (κ3) is 3.50. The van der Waals surface area contributed by atoms with E-state index in [1.54, 1.807) is 18.2 Å². The molecule has 0 aliphatic heterocycles. The zero-order valence-electron chi connectivity index (χ0n) is 12.2. The van der Waals surface area contributed by atoms with Crippen LogP contribution in [0.25, 0.3) is 5.82 Å². The molecule has 2 heterocycles. The van der Waals surface area contributed by atoms with E-state index in [-0.39, 0.29) is 16.9 Å². The molecule has 1 aromatic carbocycles. The largest absolute Gasteiger partial charge is 0.478 e.